The van der Waals surface area contributed by atoms with E-state index in [1.165, 1.54) is 44.7 Å². The first-order valence-electron chi connectivity index (χ1n) is 6.83. The lowest BCUT2D eigenvalue weighted by Crippen LogP contribution is -2.45. The van der Waals surface area contributed by atoms with E-state index in [0.29, 0.717) is 0 Å². The topological polar surface area (TPSA) is 36.3 Å². The first kappa shape index (κ1) is 13.5. The molecule has 0 aliphatic carbocycles. The van der Waals surface area contributed by atoms with E-state index < -0.39 is 0 Å². The van der Waals surface area contributed by atoms with Crippen molar-refractivity contribution in [1.29, 1.82) is 0 Å². The fourth-order valence-electron chi connectivity index (χ4n) is 2.30. The van der Waals surface area contributed by atoms with E-state index in [2.05, 4.69) is 33.5 Å². The number of hydrogen-bond donors (Lipinski definition) is 1. The summed E-state index contributed by atoms with van der Waals surface area (Å²) in [5.41, 5.74) is 1.26. The molecule has 0 unspecified atom stereocenters. The van der Waals surface area contributed by atoms with Crippen molar-refractivity contribution >= 4 is 0 Å². The molecule has 1 aromatic heterocycles. The van der Waals surface area contributed by atoms with Gasteiger partial charge in [0.2, 0.25) is 0 Å². The Morgan fingerprint density at radius 2 is 2.00 bits per heavy atom. The first-order chi connectivity index (χ1) is 8.74. The quantitative estimate of drug-likeness (QED) is 0.730. The fraction of sp³-hybridized carbons (Fsp3) is 0.769. The SMILES string of the molecule is CN1CCN(CCCNCc2cnn(C)c2)CC1. The van der Waals surface area contributed by atoms with Crippen molar-refractivity contribution in [3.05, 3.63) is 18.0 Å². The van der Waals surface area contributed by atoms with Crippen LogP contribution in [-0.4, -0.2) is 65.9 Å². The number of aromatic nitrogens is 2. The smallest absolute Gasteiger partial charge is 0.0534 e. The molecule has 1 saturated heterocycles. The Labute approximate surface area is 110 Å². The van der Waals surface area contributed by atoms with Gasteiger partial charge >= 0.3 is 0 Å². The molecule has 1 aliphatic heterocycles. The van der Waals surface area contributed by atoms with Gasteiger partial charge in [0, 0.05) is 51.5 Å². The van der Waals surface area contributed by atoms with Crippen molar-refractivity contribution < 1.29 is 0 Å². The van der Waals surface area contributed by atoms with Gasteiger partial charge < -0.3 is 15.1 Å². The molecule has 102 valence electrons. The Hall–Kier alpha value is -0.910. The monoisotopic (exact) mass is 251 g/mol. The van der Waals surface area contributed by atoms with Crippen LogP contribution in [0, 0.1) is 0 Å². The number of piperazine rings is 1. The molecule has 0 aromatic carbocycles. The van der Waals surface area contributed by atoms with E-state index in [4.69, 9.17) is 0 Å². The number of nitrogens with zero attached hydrogens (tertiary/aromatic N) is 4. The van der Waals surface area contributed by atoms with Gasteiger partial charge in [-0.15, -0.1) is 0 Å². The van der Waals surface area contributed by atoms with E-state index in [1.54, 1.807) is 0 Å². The zero-order valence-corrected chi connectivity index (χ0v) is 11.6. The Bertz CT molecular complexity index is 341. The average molecular weight is 251 g/mol. The molecule has 0 spiro atoms. The van der Waals surface area contributed by atoms with Crippen LogP contribution in [0.25, 0.3) is 0 Å². The van der Waals surface area contributed by atoms with Crippen molar-refractivity contribution in [2.45, 2.75) is 13.0 Å². The number of rotatable bonds is 6. The van der Waals surface area contributed by atoms with Crippen molar-refractivity contribution in [3.63, 3.8) is 0 Å². The number of aryl methyl sites for hydroxylation is 1. The normalized spacial score (nSPS) is 18.3. The van der Waals surface area contributed by atoms with Crippen molar-refractivity contribution in [3.8, 4) is 0 Å². The highest BCUT2D eigenvalue weighted by atomic mass is 15.2. The predicted molar refractivity (Wildman–Crippen MR) is 73.5 cm³/mol. The summed E-state index contributed by atoms with van der Waals surface area (Å²) in [5.74, 6) is 0. The molecule has 2 rings (SSSR count). The van der Waals surface area contributed by atoms with Crippen LogP contribution < -0.4 is 5.32 Å². The molecule has 5 heteroatoms. The van der Waals surface area contributed by atoms with Gasteiger partial charge in [-0.1, -0.05) is 0 Å². The molecule has 1 N–H and O–H groups in total. The number of nitrogens with one attached hydrogen (secondary N) is 1. The maximum Gasteiger partial charge on any atom is 0.0534 e. The zero-order valence-electron chi connectivity index (χ0n) is 11.6. The largest absolute Gasteiger partial charge is 0.313 e. The molecular formula is C13H25N5. The van der Waals surface area contributed by atoms with Gasteiger partial charge in [-0.05, 0) is 26.6 Å². The second-order valence-corrected chi connectivity index (χ2v) is 5.20. The molecular weight excluding hydrogens is 226 g/mol. The van der Waals surface area contributed by atoms with Crippen molar-refractivity contribution in [2.24, 2.45) is 7.05 Å². The van der Waals surface area contributed by atoms with Gasteiger partial charge in [0.25, 0.3) is 0 Å². The maximum absolute atomic E-state index is 4.16. The molecule has 0 atom stereocenters. The van der Waals surface area contributed by atoms with E-state index in [0.717, 1.165) is 13.1 Å². The second kappa shape index (κ2) is 6.87. The van der Waals surface area contributed by atoms with E-state index >= 15 is 0 Å². The maximum atomic E-state index is 4.16. The lowest BCUT2D eigenvalue weighted by molar-refractivity contribution is 0.153. The van der Waals surface area contributed by atoms with Gasteiger partial charge in [0.15, 0.2) is 0 Å². The van der Waals surface area contributed by atoms with Crippen LogP contribution in [0.5, 0.6) is 0 Å². The molecule has 5 nitrogen and oxygen atoms in total. The van der Waals surface area contributed by atoms with Crippen LogP contribution in [-0.2, 0) is 13.6 Å². The molecule has 18 heavy (non-hydrogen) atoms. The van der Waals surface area contributed by atoms with Gasteiger partial charge in [0.05, 0.1) is 6.20 Å². The minimum Gasteiger partial charge on any atom is -0.313 e. The van der Waals surface area contributed by atoms with Crippen LogP contribution in [0.1, 0.15) is 12.0 Å². The average Bonchev–Trinajstić information content (AvgIpc) is 2.77. The summed E-state index contributed by atoms with van der Waals surface area (Å²) in [6, 6.07) is 0. The van der Waals surface area contributed by atoms with Crippen molar-refractivity contribution in [2.75, 3.05) is 46.3 Å². The van der Waals surface area contributed by atoms with Gasteiger partial charge in [-0.3, -0.25) is 4.68 Å². The molecule has 1 fully saturated rings. The van der Waals surface area contributed by atoms with Gasteiger partial charge in [-0.25, -0.2) is 0 Å². The minimum atomic E-state index is 0.927. The van der Waals surface area contributed by atoms with Gasteiger partial charge in [-0.2, -0.15) is 5.10 Å². The summed E-state index contributed by atoms with van der Waals surface area (Å²) in [5, 5.41) is 7.63. The third kappa shape index (κ3) is 4.40. The highest BCUT2D eigenvalue weighted by Gasteiger charge is 2.12. The zero-order chi connectivity index (χ0) is 12.8. The van der Waals surface area contributed by atoms with Crippen LogP contribution in [0.15, 0.2) is 12.4 Å². The summed E-state index contributed by atoms with van der Waals surface area (Å²) in [6.45, 7) is 8.09. The molecule has 1 aliphatic rings. The van der Waals surface area contributed by atoms with Crippen LogP contribution in [0.4, 0.5) is 0 Å². The summed E-state index contributed by atoms with van der Waals surface area (Å²) >= 11 is 0. The van der Waals surface area contributed by atoms with Crippen LogP contribution in [0.3, 0.4) is 0 Å². The fourth-order valence-corrected chi connectivity index (χ4v) is 2.30. The number of likely N-dealkylation sites (N-methyl/N-ethyl adjacent to an activating group) is 1. The molecule has 0 amide bonds. The standard InChI is InChI=1S/C13H25N5/c1-16-6-8-18(9-7-16)5-3-4-14-10-13-11-15-17(2)12-13/h11-12,14H,3-10H2,1-2H3. The van der Waals surface area contributed by atoms with Gasteiger partial charge in [0.1, 0.15) is 0 Å². The molecule has 0 bridgehead atoms. The molecule has 2 heterocycles. The summed E-state index contributed by atoms with van der Waals surface area (Å²) in [4.78, 5) is 4.96. The molecule has 0 saturated carbocycles. The van der Waals surface area contributed by atoms with E-state index in [9.17, 15) is 0 Å². The molecule has 0 radical (unpaired) electrons. The highest BCUT2D eigenvalue weighted by Crippen LogP contribution is 2.00. The third-order valence-electron chi connectivity index (χ3n) is 3.51. The lowest BCUT2D eigenvalue weighted by Gasteiger charge is -2.32. The predicted octanol–water partition coefficient (Wildman–Crippen LogP) is 0.147. The highest BCUT2D eigenvalue weighted by molar-refractivity contribution is 5.02. The third-order valence-corrected chi connectivity index (χ3v) is 3.51. The van der Waals surface area contributed by atoms with Crippen LogP contribution in [0.2, 0.25) is 0 Å². The lowest BCUT2D eigenvalue weighted by atomic mass is 10.3. The Balaban J connectivity index is 1.51. The van der Waals surface area contributed by atoms with E-state index in [-0.39, 0.29) is 0 Å². The second-order valence-electron chi connectivity index (χ2n) is 5.20. The Morgan fingerprint density at radius 1 is 1.22 bits per heavy atom. The molecule has 1 aromatic rings. The summed E-state index contributed by atoms with van der Waals surface area (Å²) < 4.78 is 1.85. The Morgan fingerprint density at radius 3 is 2.67 bits per heavy atom. The summed E-state index contributed by atoms with van der Waals surface area (Å²) in [6.07, 6.45) is 5.21. The first-order valence-corrected chi connectivity index (χ1v) is 6.83. The van der Waals surface area contributed by atoms with Crippen molar-refractivity contribution in [1.82, 2.24) is 24.9 Å². The number of hydrogen-bond acceptors (Lipinski definition) is 4. The minimum absolute atomic E-state index is 0.927. The van der Waals surface area contributed by atoms with Crippen LogP contribution >= 0.6 is 0 Å². The Kier molecular flexibility index (Phi) is 5.16. The van der Waals surface area contributed by atoms with E-state index in [1.807, 2.05) is 17.9 Å². The summed E-state index contributed by atoms with van der Waals surface area (Å²) in [7, 11) is 4.16.